The molecule has 0 bridgehead atoms. The van der Waals surface area contributed by atoms with Gasteiger partial charge >= 0.3 is 12.1 Å². The van der Waals surface area contributed by atoms with Gasteiger partial charge in [-0.05, 0) is 42.7 Å². The maximum atomic E-state index is 14.9. The lowest BCUT2D eigenvalue weighted by Gasteiger charge is -2.31. The average molecular weight is 472 g/mol. The van der Waals surface area contributed by atoms with Gasteiger partial charge in [0.2, 0.25) is 5.88 Å². The fraction of sp³-hybridized carbons (Fsp3) is 0.217. The van der Waals surface area contributed by atoms with Crippen molar-refractivity contribution < 1.29 is 32.2 Å². The molecule has 0 unspecified atom stereocenters. The molecule has 0 saturated heterocycles. The Morgan fingerprint density at radius 3 is 2.47 bits per heavy atom. The number of halogens is 4. The van der Waals surface area contributed by atoms with Crippen LogP contribution >= 0.6 is 0 Å². The third kappa shape index (κ3) is 4.16. The summed E-state index contributed by atoms with van der Waals surface area (Å²) in [5.74, 6) is -1.43. The first-order valence-electron chi connectivity index (χ1n) is 10.3. The number of alkyl halides is 3. The molecule has 11 heteroatoms. The SMILES string of the molecule is O=C(O)C1CC(Oc2ccc(-c3ccc(-c4nc5ncc(C(F)(F)F)cc5[nH]4)c(F)c3)cn2)C1. The maximum Gasteiger partial charge on any atom is 0.417 e. The lowest BCUT2D eigenvalue weighted by atomic mass is 9.82. The van der Waals surface area contributed by atoms with E-state index in [1.54, 1.807) is 18.2 Å². The van der Waals surface area contributed by atoms with Gasteiger partial charge in [0.1, 0.15) is 17.7 Å². The number of H-pyrrole nitrogens is 1. The summed E-state index contributed by atoms with van der Waals surface area (Å²) in [4.78, 5) is 25.6. The molecule has 1 fully saturated rings. The number of carbonyl (C=O) groups is 1. The number of benzene rings is 1. The smallest absolute Gasteiger partial charge is 0.417 e. The molecule has 1 aliphatic rings. The third-order valence-corrected chi connectivity index (χ3v) is 5.69. The summed E-state index contributed by atoms with van der Waals surface area (Å²) in [6, 6.07) is 8.59. The number of imidazole rings is 1. The first-order valence-corrected chi connectivity index (χ1v) is 10.3. The zero-order valence-electron chi connectivity index (χ0n) is 17.3. The van der Waals surface area contributed by atoms with Crippen molar-refractivity contribution in [3.05, 3.63) is 60.2 Å². The van der Waals surface area contributed by atoms with Crippen LogP contribution in [-0.4, -0.2) is 37.1 Å². The van der Waals surface area contributed by atoms with Crippen LogP contribution in [0, 0.1) is 11.7 Å². The van der Waals surface area contributed by atoms with Crippen molar-refractivity contribution in [2.75, 3.05) is 0 Å². The van der Waals surface area contributed by atoms with E-state index in [0.717, 1.165) is 6.07 Å². The van der Waals surface area contributed by atoms with Crippen molar-refractivity contribution >= 4 is 17.1 Å². The van der Waals surface area contributed by atoms with E-state index in [1.165, 1.54) is 18.3 Å². The van der Waals surface area contributed by atoms with E-state index in [9.17, 15) is 22.4 Å². The highest BCUT2D eigenvalue weighted by Gasteiger charge is 2.36. The second-order valence-electron chi connectivity index (χ2n) is 8.00. The minimum Gasteiger partial charge on any atom is -0.481 e. The summed E-state index contributed by atoms with van der Waals surface area (Å²) in [6.07, 6.45) is -1.68. The molecular formula is C23H16F4N4O3. The van der Waals surface area contributed by atoms with Gasteiger partial charge in [0.05, 0.1) is 22.6 Å². The zero-order chi connectivity index (χ0) is 24.0. The highest BCUT2D eigenvalue weighted by Crippen LogP contribution is 2.33. The highest BCUT2D eigenvalue weighted by atomic mass is 19.4. The van der Waals surface area contributed by atoms with Gasteiger partial charge in [0, 0.05) is 24.0 Å². The highest BCUT2D eigenvalue weighted by molar-refractivity contribution is 5.77. The van der Waals surface area contributed by atoms with Gasteiger partial charge in [-0.3, -0.25) is 4.79 Å². The van der Waals surface area contributed by atoms with Gasteiger partial charge in [0.15, 0.2) is 5.65 Å². The quantitative estimate of drug-likeness (QED) is 0.393. The van der Waals surface area contributed by atoms with Gasteiger partial charge < -0.3 is 14.8 Å². The van der Waals surface area contributed by atoms with Crippen LogP contribution in [0.15, 0.2) is 48.8 Å². The minimum absolute atomic E-state index is 0.0485. The van der Waals surface area contributed by atoms with E-state index < -0.39 is 23.5 Å². The Kier molecular flexibility index (Phi) is 5.18. The number of fused-ring (bicyclic) bond motifs is 1. The van der Waals surface area contributed by atoms with Gasteiger partial charge in [-0.1, -0.05) is 6.07 Å². The Bertz CT molecular complexity index is 1380. The number of hydrogen-bond donors (Lipinski definition) is 2. The summed E-state index contributed by atoms with van der Waals surface area (Å²) < 4.78 is 59.2. The topological polar surface area (TPSA) is 101 Å². The van der Waals surface area contributed by atoms with E-state index in [2.05, 4.69) is 19.9 Å². The summed E-state index contributed by atoms with van der Waals surface area (Å²) in [6.45, 7) is 0. The van der Waals surface area contributed by atoms with Gasteiger partial charge in [0.25, 0.3) is 0 Å². The first kappa shape index (κ1) is 21.8. The molecule has 0 spiro atoms. The largest absolute Gasteiger partial charge is 0.481 e. The second-order valence-corrected chi connectivity index (χ2v) is 8.00. The van der Waals surface area contributed by atoms with Crippen molar-refractivity contribution in [2.45, 2.75) is 25.1 Å². The van der Waals surface area contributed by atoms with Crippen LogP contribution in [0.25, 0.3) is 33.7 Å². The molecule has 7 nitrogen and oxygen atoms in total. The number of nitrogens with zero attached hydrogens (tertiary/aromatic N) is 3. The number of rotatable bonds is 5. The molecule has 5 rings (SSSR count). The number of aromatic nitrogens is 4. The molecule has 0 atom stereocenters. The molecule has 3 aromatic heterocycles. The molecule has 1 aromatic carbocycles. The zero-order valence-corrected chi connectivity index (χ0v) is 17.3. The summed E-state index contributed by atoms with van der Waals surface area (Å²) in [5.41, 5.74) is 0.409. The van der Waals surface area contributed by atoms with Crippen LogP contribution in [0.1, 0.15) is 18.4 Å². The fourth-order valence-electron chi connectivity index (χ4n) is 3.72. The standard InChI is InChI=1S/C23H16F4N4O3/c24-17-7-11(12-2-4-19(28-9-12)34-15-5-13(6-15)22(32)33)1-3-16(17)20-30-18-8-14(23(25,26)27)10-29-21(18)31-20/h1-4,7-10,13,15H,5-6H2,(H,32,33)(H,29,30,31). The van der Waals surface area contributed by atoms with Crippen LogP contribution in [0.5, 0.6) is 5.88 Å². The normalized spacial score (nSPS) is 18.0. The fourth-order valence-corrected chi connectivity index (χ4v) is 3.72. The summed E-state index contributed by atoms with van der Waals surface area (Å²) >= 11 is 0. The molecule has 3 heterocycles. The van der Waals surface area contributed by atoms with Crippen LogP contribution in [0.3, 0.4) is 0 Å². The van der Waals surface area contributed by atoms with Crippen molar-refractivity contribution in [2.24, 2.45) is 5.92 Å². The van der Waals surface area contributed by atoms with Crippen molar-refractivity contribution in [3.63, 3.8) is 0 Å². The van der Waals surface area contributed by atoms with Crippen LogP contribution in [0.4, 0.5) is 17.6 Å². The maximum absolute atomic E-state index is 14.9. The Labute approximate surface area is 189 Å². The molecule has 2 N–H and O–H groups in total. The van der Waals surface area contributed by atoms with E-state index in [-0.39, 0.29) is 34.6 Å². The molecule has 0 amide bonds. The Morgan fingerprint density at radius 1 is 1.06 bits per heavy atom. The van der Waals surface area contributed by atoms with Crippen molar-refractivity contribution in [3.8, 4) is 28.4 Å². The molecular weight excluding hydrogens is 456 g/mol. The lowest BCUT2D eigenvalue weighted by molar-refractivity contribution is -0.148. The number of nitrogens with one attached hydrogen (secondary N) is 1. The van der Waals surface area contributed by atoms with Gasteiger partial charge in [-0.2, -0.15) is 13.2 Å². The summed E-state index contributed by atoms with van der Waals surface area (Å²) in [5, 5.41) is 8.92. The lowest BCUT2D eigenvalue weighted by Crippen LogP contribution is -2.38. The van der Waals surface area contributed by atoms with E-state index >= 15 is 0 Å². The first-order chi connectivity index (χ1) is 16.2. The molecule has 1 saturated carbocycles. The molecule has 4 aromatic rings. The number of pyridine rings is 2. The number of aliphatic carboxylic acids is 1. The van der Waals surface area contributed by atoms with Crippen molar-refractivity contribution in [1.82, 2.24) is 19.9 Å². The van der Waals surface area contributed by atoms with Crippen LogP contribution in [0.2, 0.25) is 0 Å². The predicted octanol–water partition coefficient (Wildman–Crippen LogP) is 5.09. The van der Waals surface area contributed by atoms with Gasteiger partial charge in [-0.15, -0.1) is 0 Å². The van der Waals surface area contributed by atoms with E-state index in [0.29, 0.717) is 36.0 Å². The predicted molar refractivity (Wildman–Crippen MR) is 112 cm³/mol. The number of ether oxygens (including phenoxy) is 1. The number of aromatic amines is 1. The monoisotopic (exact) mass is 472 g/mol. The number of carboxylic acids is 1. The van der Waals surface area contributed by atoms with Crippen molar-refractivity contribution in [1.29, 1.82) is 0 Å². The number of carboxylic acid groups (broad SMARTS) is 1. The summed E-state index contributed by atoms with van der Waals surface area (Å²) in [7, 11) is 0. The molecule has 1 aliphatic carbocycles. The van der Waals surface area contributed by atoms with Crippen LogP contribution in [-0.2, 0) is 11.0 Å². The second kappa shape index (κ2) is 8.08. The van der Waals surface area contributed by atoms with E-state index in [4.69, 9.17) is 9.84 Å². The number of hydrogen-bond acceptors (Lipinski definition) is 5. The molecule has 174 valence electrons. The Balaban J connectivity index is 1.33. The van der Waals surface area contributed by atoms with Gasteiger partial charge in [-0.25, -0.2) is 19.3 Å². The Hall–Kier alpha value is -4.02. The third-order valence-electron chi connectivity index (χ3n) is 5.69. The molecule has 0 aliphatic heterocycles. The molecule has 0 radical (unpaired) electrons. The minimum atomic E-state index is -4.55. The van der Waals surface area contributed by atoms with E-state index in [1.807, 2.05) is 0 Å². The Morgan fingerprint density at radius 2 is 1.82 bits per heavy atom. The average Bonchev–Trinajstić information content (AvgIpc) is 3.18. The molecule has 34 heavy (non-hydrogen) atoms. The van der Waals surface area contributed by atoms with Crippen LogP contribution < -0.4 is 4.74 Å².